The van der Waals surface area contributed by atoms with Gasteiger partial charge in [0.2, 0.25) is 0 Å². The molecule has 0 fully saturated rings. The Kier molecular flexibility index (Phi) is 5.65. The first-order chi connectivity index (χ1) is 8.01. The zero-order valence-electron chi connectivity index (χ0n) is 10.6. The molecule has 1 aromatic rings. The van der Waals surface area contributed by atoms with Gasteiger partial charge in [0.15, 0.2) is 0 Å². The number of hydrogen-bond donors (Lipinski definition) is 2. The highest BCUT2D eigenvalue weighted by atomic mass is 32.2. The van der Waals surface area contributed by atoms with Crippen LogP contribution in [0.1, 0.15) is 27.2 Å². The van der Waals surface area contributed by atoms with Crippen LogP contribution in [0.5, 0.6) is 5.75 Å². The summed E-state index contributed by atoms with van der Waals surface area (Å²) in [7, 11) is 0. The van der Waals surface area contributed by atoms with Gasteiger partial charge < -0.3 is 15.6 Å². The number of aliphatic hydroxyl groups is 1. The first kappa shape index (κ1) is 14.2. The van der Waals surface area contributed by atoms with Crippen molar-refractivity contribution in [3.63, 3.8) is 0 Å². The van der Waals surface area contributed by atoms with E-state index in [1.54, 1.807) is 11.8 Å². The SMILES string of the molecule is CC(C)Oc1cc(N)cc(SC(C)CCO)c1. The molecule has 0 aliphatic heterocycles. The average molecular weight is 255 g/mol. The highest BCUT2D eigenvalue weighted by Crippen LogP contribution is 2.30. The van der Waals surface area contributed by atoms with Crippen molar-refractivity contribution in [1.82, 2.24) is 0 Å². The van der Waals surface area contributed by atoms with Gasteiger partial charge in [-0.1, -0.05) is 6.92 Å². The Morgan fingerprint density at radius 3 is 2.59 bits per heavy atom. The maximum Gasteiger partial charge on any atom is 0.122 e. The Hall–Kier alpha value is -0.870. The zero-order valence-corrected chi connectivity index (χ0v) is 11.5. The van der Waals surface area contributed by atoms with E-state index in [-0.39, 0.29) is 12.7 Å². The van der Waals surface area contributed by atoms with Crippen LogP contribution in [-0.2, 0) is 0 Å². The largest absolute Gasteiger partial charge is 0.491 e. The van der Waals surface area contributed by atoms with Crippen LogP contribution in [0.2, 0.25) is 0 Å². The Morgan fingerprint density at radius 1 is 1.29 bits per heavy atom. The van der Waals surface area contributed by atoms with Crippen molar-refractivity contribution in [1.29, 1.82) is 0 Å². The van der Waals surface area contributed by atoms with Crippen molar-refractivity contribution >= 4 is 17.4 Å². The fourth-order valence-corrected chi connectivity index (χ4v) is 2.55. The number of thioether (sulfide) groups is 1. The number of hydrogen-bond acceptors (Lipinski definition) is 4. The van der Waals surface area contributed by atoms with Gasteiger partial charge in [0.1, 0.15) is 5.75 Å². The lowest BCUT2D eigenvalue weighted by Gasteiger charge is -2.14. The molecule has 1 atom stereocenters. The summed E-state index contributed by atoms with van der Waals surface area (Å²) in [5, 5.41) is 9.25. The van der Waals surface area contributed by atoms with Crippen LogP contribution in [0.15, 0.2) is 23.1 Å². The van der Waals surface area contributed by atoms with Gasteiger partial charge in [-0.05, 0) is 32.4 Å². The molecule has 1 aromatic carbocycles. The summed E-state index contributed by atoms with van der Waals surface area (Å²) in [5.41, 5.74) is 6.55. The van der Waals surface area contributed by atoms with Gasteiger partial charge >= 0.3 is 0 Å². The summed E-state index contributed by atoms with van der Waals surface area (Å²) >= 11 is 1.70. The van der Waals surface area contributed by atoms with Crippen LogP contribution in [0.4, 0.5) is 5.69 Å². The van der Waals surface area contributed by atoms with E-state index in [4.69, 9.17) is 15.6 Å². The molecule has 96 valence electrons. The zero-order chi connectivity index (χ0) is 12.8. The van der Waals surface area contributed by atoms with Crippen molar-refractivity contribution in [3.8, 4) is 5.75 Å². The highest BCUT2D eigenvalue weighted by molar-refractivity contribution is 8.00. The molecule has 0 amide bonds. The lowest BCUT2D eigenvalue weighted by atomic mass is 10.3. The predicted molar refractivity (Wildman–Crippen MR) is 73.6 cm³/mol. The van der Waals surface area contributed by atoms with Crippen molar-refractivity contribution in [3.05, 3.63) is 18.2 Å². The van der Waals surface area contributed by atoms with Crippen molar-refractivity contribution in [2.75, 3.05) is 12.3 Å². The molecule has 17 heavy (non-hydrogen) atoms. The van der Waals surface area contributed by atoms with Gasteiger partial charge in [-0.15, -0.1) is 11.8 Å². The Labute approximate surface area is 107 Å². The van der Waals surface area contributed by atoms with Crippen LogP contribution in [0, 0.1) is 0 Å². The van der Waals surface area contributed by atoms with Gasteiger partial charge in [-0.2, -0.15) is 0 Å². The third-order valence-corrected chi connectivity index (χ3v) is 3.29. The first-order valence-corrected chi connectivity index (χ1v) is 6.74. The number of benzene rings is 1. The molecule has 0 aliphatic carbocycles. The average Bonchev–Trinajstić information content (AvgIpc) is 2.14. The summed E-state index contributed by atoms with van der Waals surface area (Å²) < 4.78 is 5.63. The molecule has 0 heterocycles. The quantitative estimate of drug-likeness (QED) is 0.606. The molecule has 0 bridgehead atoms. The number of ether oxygens (including phenoxy) is 1. The summed E-state index contributed by atoms with van der Waals surface area (Å²) in [6, 6.07) is 5.77. The highest BCUT2D eigenvalue weighted by Gasteiger charge is 2.07. The normalized spacial score (nSPS) is 12.8. The Balaban J connectivity index is 2.74. The van der Waals surface area contributed by atoms with Gasteiger partial charge in [0.05, 0.1) is 6.10 Å². The minimum atomic E-state index is 0.143. The van der Waals surface area contributed by atoms with Gasteiger partial charge in [0.25, 0.3) is 0 Å². The number of aliphatic hydroxyl groups excluding tert-OH is 1. The van der Waals surface area contributed by atoms with E-state index < -0.39 is 0 Å². The minimum absolute atomic E-state index is 0.143. The van der Waals surface area contributed by atoms with E-state index in [9.17, 15) is 0 Å². The molecule has 4 heteroatoms. The van der Waals surface area contributed by atoms with E-state index in [0.29, 0.717) is 10.9 Å². The number of rotatable bonds is 6. The fraction of sp³-hybridized carbons (Fsp3) is 0.538. The first-order valence-electron chi connectivity index (χ1n) is 5.86. The third-order valence-electron chi connectivity index (χ3n) is 2.15. The molecular weight excluding hydrogens is 234 g/mol. The second-order valence-electron chi connectivity index (χ2n) is 4.35. The van der Waals surface area contributed by atoms with Gasteiger partial charge in [-0.25, -0.2) is 0 Å². The fourth-order valence-electron chi connectivity index (χ4n) is 1.48. The topological polar surface area (TPSA) is 55.5 Å². The lowest BCUT2D eigenvalue weighted by molar-refractivity contribution is 0.242. The van der Waals surface area contributed by atoms with Gasteiger partial charge in [-0.3, -0.25) is 0 Å². The molecule has 0 radical (unpaired) electrons. The molecule has 1 unspecified atom stereocenters. The summed E-state index contributed by atoms with van der Waals surface area (Å²) in [4.78, 5) is 1.08. The second-order valence-corrected chi connectivity index (χ2v) is 5.86. The molecule has 1 rings (SSSR count). The Morgan fingerprint density at radius 2 is 2.00 bits per heavy atom. The molecular formula is C13H21NO2S. The minimum Gasteiger partial charge on any atom is -0.491 e. The summed E-state index contributed by atoms with van der Waals surface area (Å²) in [6.45, 7) is 6.29. The molecule has 3 nitrogen and oxygen atoms in total. The standard InChI is InChI=1S/C13H21NO2S/c1-9(2)16-12-6-11(14)7-13(8-12)17-10(3)4-5-15/h6-10,15H,4-5,14H2,1-3H3. The van der Waals surface area contributed by atoms with E-state index in [0.717, 1.165) is 17.1 Å². The van der Waals surface area contributed by atoms with Crippen molar-refractivity contribution in [2.45, 2.75) is 43.4 Å². The van der Waals surface area contributed by atoms with Crippen LogP contribution >= 0.6 is 11.8 Å². The van der Waals surface area contributed by atoms with Crippen molar-refractivity contribution < 1.29 is 9.84 Å². The third kappa shape index (κ3) is 5.33. The van der Waals surface area contributed by atoms with E-state index >= 15 is 0 Å². The number of nitrogen functional groups attached to an aromatic ring is 1. The molecule has 0 saturated heterocycles. The van der Waals surface area contributed by atoms with Crippen LogP contribution in [0.25, 0.3) is 0 Å². The smallest absolute Gasteiger partial charge is 0.122 e. The second kappa shape index (κ2) is 6.77. The van der Waals surface area contributed by atoms with Crippen LogP contribution in [0.3, 0.4) is 0 Å². The lowest BCUT2D eigenvalue weighted by Crippen LogP contribution is -2.06. The molecule has 0 aliphatic rings. The predicted octanol–water partition coefficient (Wildman–Crippen LogP) is 2.92. The Bertz CT molecular complexity index is 355. The molecule has 0 aromatic heterocycles. The van der Waals surface area contributed by atoms with Crippen molar-refractivity contribution in [2.24, 2.45) is 0 Å². The monoisotopic (exact) mass is 255 g/mol. The number of anilines is 1. The molecule has 0 spiro atoms. The summed E-state index contributed by atoms with van der Waals surface area (Å²) in [5.74, 6) is 0.804. The maximum atomic E-state index is 8.88. The van der Waals surface area contributed by atoms with Gasteiger partial charge in [0, 0.05) is 28.5 Å². The van der Waals surface area contributed by atoms with E-state index in [2.05, 4.69) is 6.92 Å². The molecule has 3 N–H and O–H groups in total. The van der Waals surface area contributed by atoms with E-state index in [1.165, 1.54) is 0 Å². The maximum absolute atomic E-state index is 8.88. The van der Waals surface area contributed by atoms with Crippen LogP contribution < -0.4 is 10.5 Å². The molecule has 0 saturated carbocycles. The summed E-state index contributed by atoms with van der Waals surface area (Å²) in [6.07, 6.45) is 0.921. The van der Waals surface area contributed by atoms with E-state index in [1.807, 2.05) is 32.0 Å². The van der Waals surface area contributed by atoms with Crippen LogP contribution in [-0.4, -0.2) is 23.1 Å². The number of nitrogens with two attached hydrogens (primary N) is 1.